The molecule has 0 bridgehead atoms. The van der Waals surface area contributed by atoms with Gasteiger partial charge in [-0.05, 0) is 12.1 Å². The first kappa shape index (κ1) is 11.9. The van der Waals surface area contributed by atoms with Crippen molar-refractivity contribution in [3.63, 3.8) is 0 Å². The highest BCUT2D eigenvalue weighted by atomic mass is 127. The maximum absolute atomic E-state index is 5.97. The number of halogens is 3. The Hall–Kier alpha value is 0.450. The molecule has 2 rings (SSSR count). The molecular weight excluding hydrogens is 350 g/mol. The van der Waals surface area contributed by atoms with Crippen LogP contribution in [0, 0.1) is 0 Å². The first-order valence-electron chi connectivity index (χ1n) is 4.47. The first-order chi connectivity index (χ1) is 7.18. The lowest BCUT2D eigenvalue weighted by molar-refractivity contribution is -0.142. The average Bonchev–Trinajstić information content (AvgIpc) is 2.72. The molecule has 1 saturated heterocycles. The van der Waals surface area contributed by atoms with E-state index in [-0.39, 0.29) is 0 Å². The lowest BCUT2D eigenvalue weighted by Crippen LogP contribution is -2.28. The maximum Gasteiger partial charge on any atom is 0.204 e. The summed E-state index contributed by atoms with van der Waals surface area (Å²) in [6.45, 7) is 1.23. The molecule has 1 fully saturated rings. The van der Waals surface area contributed by atoms with Crippen LogP contribution in [0.1, 0.15) is 5.56 Å². The van der Waals surface area contributed by atoms with Gasteiger partial charge in [-0.15, -0.1) is 0 Å². The van der Waals surface area contributed by atoms with E-state index in [1.165, 1.54) is 0 Å². The molecule has 1 heterocycles. The highest BCUT2D eigenvalue weighted by Crippen LogP contribution is 2.36. The van der Waals surface area contributed by atoms with Gasteiger partial charge in [0.1, 0.15) is 0 Å². The third-order valence-electron chi connectivity index (χ3n) is 2.29. The molecule has 1 aliphatic rings. The minimum Gasteiger partial charge on any atom is -0.343 e. The van der Waals surface area contributed by atoms with Crippen LogP contribution in [0.5, 0.6) is 0 Å². The summed E-state index contributed by atoms with van der Waals surface area (Å²) in [5.41, 5.74) is 0.920. The monoisotopic (exact) mass is 358 g/mol. The summed E-state index contributed by atoms with van der Waals surface area (Å²) in [4.78, 5) is 0. The fourth-order valence-electron chi connectivity index (χ4n) is 1.51. The van der Waals surface area contributed by atoms with Crippen LogP contribution >= 0.6 is 45.8 Å². The number of benzene rings is 1. The SMILES string of the molecule is Clc1ccc(C2(CI)OCCO2)cc1Cl. The van der Waals surface area contributed by atoms with E-state index in [9.17, 15) is 0 Å². The summed E-state index contributed by atoms with van der Waals surface area (Å²) in [6.07, 6.45) is 0. The average molecular weight is 359 g/mol. The molecule has 5 heteroatoms. The Morgan fingerprint density at radius 3 is 2.40 bits per heavy atom. The van der Waals surface area contributed by atoms with Crippen LogP contribution < -0.4 is 0 Å². The van der Waals surface area contributed by atoms with Gasteiger partial charge in [-0.2, -0.15) is 0 Å². The summed E-state index contributed by atoms with van der Waals surface area (Å²) in [6, 6.07) is 5.45. The molecule has 0 radical (unpaired) electrons. The Kier molecular flexibility index (Phi) is 3.78. The van der Waals surface area contributed by atoms with Crippen molar-refractivity contribution < 1.29 is 9.47 Å². The molecule has 82 valence electrons. The molecule has 15 heavy (non-hydrogen) atoms. The highest BCUT2D eigenvalue weighted by Gasteiger charge is 2.37. The van der Waals surface area contributed by atoms with Crippen LogP contribution in [0.25, 0.3) is 0 Å². The zero-order chi connectivity index (χ0) is 10.9. The number of alkyl halides is 1. The highest BCUT2D eigenvalue weighted by molar-refractivity contribution is 14.1. The summed E-state index contributed by atoms with van der Waals surface area (Å²) in [7, 11) is 0. The predicted molar refractivity (Wildman–Crippen MR) is 68.9 cm³/mol. The van der Waals surface area contributed by atoms with Crippen LogP contribution in [0.15, 0.2) is 18.2 Å². The van der Waals surface area contributed by atoms with Crippen molar-refractivity contribution in [2.24, 2.45) is 0 Å². The van der Waals surface area contributed by atoms with Crippen LogP contribution in [-0.2, 0) is 15.3 Å². The number of hydrogen-bond acceptors (Lipinski definition) is 2. The normalized spacial score (nSPS) is 19.4. The smallest absolute Gasteiger partial charge is 0.204 e. The van der Waals surface area contributed by atoms with E-state index in [0.717, 1.165) is 9.99 Å². The van der Waals surface area contributed by atoms with Gasteiger partial charge < -0.3 is 9.47 Å². The predicted octanol–water partition coefficient (Wildman–Crippen LogP) is 3.63. The topological polar surface area (TPSA) is 18.5 Å². The molecular formula is C10H9Cl2IO2. The number of rotatable bonds is 2. The minimum absolute atomic E-state index is 0.525. The van der Waals surface area contributed by atoms with Crippen LogP contribution in [0.2, 0.25) is 10.0 Å². The minimum atomic E-state index is -0.644. The Morgan fingerprint density at radius 2 is 1.87 bits per heavy atom. The summed E-state index contributed by atoms with van der Waals surface area (Å²) < 4.78 is 12.0. The molecule has 0 aliphatic carbocycles. The summed E-state index contributed by atoms with van der Waals surface area (Å²) in [5, 5.41) is 1.07. The second-order valence-corrected chi connectivity index (χ2v) is 4.79. The number of hydrogen-bond donors (Lipinski definition) is 0. The Bertz CT molecular complexity index is 364. The number of ether oxygens (including phenoxy) is 2. The zero-order valence-electron chi connectivity index (χ0n) is 7.80. The largest absolute Gasteiger partial charge is 0.343 e. The van der Waals surface area contributed by atoms with Crippen LogP contribution in [-0.4, -0.2) is 17.6 Å². The molecule has 0 atom stereocenters. The van der Waals surface area contributed by atoms with Gasteiger partial charge in [-0.3, -0.25) is 0 Å². The van der Waals surface area contributed by atoms with Crippen molar-refractivity contribution in [3.8, 4) is 0 Å². The maximum atomic E-state index is 5.97. The second-order valence-electron chi connectivity index (χ2n) is 3.21. The summed E-state index contributed by atoms with van der Waals surface area (Å²) >= 11 is 14.1. The molecule has 0 spiro atoms. The molecule has 1 aromatic rings. The Morgan fingerprint density at radius 1 is 1.20 bits per heavy atom. The zero-order valence-corrected chi connectivity index (χ0v) is 11.5. The molecule has 2 nitrogen and oxygen atoms in total. The molecule has 0 N–H and O–H groups in total. The van der Waals surface area contributed by atoms with Gasteiger partial charge in [0.15, 0.2) is 0 Å². The third kappa shape index (κ3) is 2.26. The van der Waals surface area contributed by atoms with E-state index < -0.39 is 5.79 Å². The molecule has 0 saturated carbocycles. The van der Waals surface area contributed by atoms with Crippen molar-refractivity contribution in [2.45, 2.75) is 5.79 Å². The molecule has 1 aliphatic heterocycles. The first-order valence-corrected chi connectivity index (χ1v) is 6.75. The van der Waals surface area contributed by atoms with Crippen molar-refractivity contribution in [1.82, 2.24) is 0 Å². The van der Waals surface area contributed by atoms with Gasteiger partial charge in [0.25, 0.3) is 0 Å². The van der Waals surface area contributed by atoms with E-state index in [1.54, 1.807) is 12.1 Å². The van der Waals surface area contributed by atoms with E-state index in [0.29, 0.717) is 23.3 Å². The quantitative estimate of drug-likeness (QED) is 0.593. The fraction of sp³-hybridized carbons (Fsp3) is 0.400. The van der Waals surface area contributed by atoms with Gasteiger partial charge in [-0.1, -0.05) is 51.9 Å². The van der Waals surface area contributed by atoms with Gasteiger partial charge in [0.05, 0.1) is 27.7 Å². The van der Waals surface area contributed by atoms with Crippen LogP contribution in [0.4, 0.5) is 0 Å². The van der Waals surface area contributed by atoms with E-state index in [4.69, 9.17) is 32.7 Å². The Labute approximate surface area is 112 Å². The van der Waals surface area contributed by atoms with Crippen molar-refractivity contribution in [2.75, 3.05) is 17.6 Å². The Balaban J connectivity index is 2.38. The molecule has 0 aromatic heterocycles. The van der Waals surface area contributed by atoms with Gasteiger partial charge in [0, 0.05) is 5.56 Å². The third-order valence-corrected chi connectivity index (χ3v) is 4.03. The molecule has 1 aromatic carbocycles. The second kappa shape index (κ2) is 4.75. The molecule has 0 unspecified atom stereocenters. The lowest BCUT2D eigenvalue weighted by Gasteiger charge is -2.25. The van der Waals surface area contributed by atoms with Gasteiger partial charge in [0.2, 0.25) is 5.79 Å². The fourth-order valence-corrected chi connectivity index (χ4v) is 2.69. The van der Waals surface area contributed by atoms with Crippen molar-refractivity contribution >= 4 is 45.8 Å². The van der Waals surface area contributed by atoms with Crippen LogP contribution in [0.3, 0.4) is 0 Å². The molecule has 0 amide bonds. The van der Waals surface area contributed by atoms with Crippen molar-refractivity contribution in [3.05, 3.63) is 33.8 Å². The van der Waals surface area contributed by atoms with Gasteiger partial charge >= 0.3 is 0 Å². The van der Waals surface area contributed by atoms with E-state index in [2.05, 4.69) is 22.6 Å². The summed E-state index contributed by atoms with van der Waals surface area (Å²) in [5.74, 6) is -0.644. The van der Waals surface area contributed by atoms with Gasteiger partial charge in [-0.25, -0.2) is 0 Å². The van der Waals surface area contributed by atoms with E-state index >= 15 is 0 Å². The lowest BCUT2D eigenvalue weighted by atomic mass is 10.1. The standard InChI is InChI=1S/C10H9Cl2IO2/c11-8-2-1-7(5-9(8)12)10(6-13)14-3-4-15-10/h1-2,5H,3-4,6H2. The van der Waals surface area contributed by atoms with E-state index in [1.807, 2.05) is 6.07 Å². The van der Waals surface area contributed by atoms with Crippen molar-refractivity contribution in [1.29, 1.82) is 0 Å².